The Morgan fingerprint density at radius 1 is 1.38 bits per heavy atom. The summed E-state index contributed by atoms with van der Waals surface area (Å²) in [5, 5.41) is 0.780. The molecule has 16 heavy (non-hydrogen) atoms. The Balaban J connectivity index is 2.05. The van der Waals surface area contributed by atoms with Crippen LogP contribution in [0.5, 0.6) is 0 Å². The molecule has 0 saturated carbocycles. The van der Waals surface area contributed by atoms with E-state index in [1.807, 2.05) is 36.0 Å². The minimum absolute atomic E-state index is 0.557. The van der Waals surface area contributed by atoms with Crippen molar-refractivity contribution in [3.63, 3.8) is 0 Å². The first kappa shape index (κ1) is 11.0. The van der Waals surface area contributed by atoms with Crippen molar-refractivity contribution in [1.29, 1.82) is 0 Å². The summed E-state index contributed by atoms with van der Waals surface area (Å²) in [5.41, 5.74) is 8.03. The maximum atomic E-state index is 5.92. The molecule has 0 spiro atoms. The number of nitrogen functional groups attached to an aromatic ring is 1. The molecule has 1 heterocycles. The summed E-state index contributed by atoms with van der Waals surface area (Å²) in [6.45, 7) is 0. The molecule has 2 aromatic rings. The van der Waals surface area contributed by atoms with Gasteiger partial charge in [0.1, 0.15) is 0 Å². The van der Waals surface area contributed by atoms with Gasteiger partial charge >= 0.3 is 0 Å². The topological polar surface area (TPSA) is 43.8 Å². The zero-order chi connectivity index (χ0) is 11.5. The highest BCUT2D eigenvalue weighted by atomic mass is 35.5. The summed E-state index contributed by atoms with van der Waals surface area (Å²) in [6.07, 6.45) is 3.68. The second-order valence-corrected chi connectivity index (χ2v) is 4.23. The van der Waals surface area contributed by atoms with Crippen LogP contribution in [0.1, 0.15) is 11.3 Å². The lowest BCUT2D eigenvalue weighted by Gasteiger charge is -2.04. The molecule has 0 bridgehead atoms. The van der Waals surface area contributed by atoms with Crippen molar-refractivity contribution >= 4 is 17.5 Å². The van der Waals surface area contributed by atoms with Gasteiger partial charge in [-0.25, -0.2) is 4.98 Å². The summed E-state index contributed by atoms with van der Waals surface area (Å²) >= 11 is 5.92. The molecule has 0 amide bonds. The number of rotatable bonds is 3. The molecule has 0 radical (unpaired) electrons. The first-order valence-electron chi connectivity index (χ1n) is 5.17. The number of hydrogen-bond donors (Lipinski definition) is 1. The van der Waals surface area contributed by atoms with Crippen LogP contribution in [0.2, 0.25) is 5.02 Å². The first-order valence-corrected chi connectivity index (χ1v) is 5.55. The van der Waals surface area contributed by atoms with Crippen molar-refractivity contribution in [2.45, 2.75) is 12.8 Å². The Hall–Kier alpha value is -1.48. The number of imidazole rings is 1. The Labute approximate surface area is 99.9 Å². The number of aryl methyl sites for hydroxylation is 2. The van der Waals surface area contributed by atoms with E-state index in [1.165, 1.54) is 5.56 Å². The minimum atomic E-state index is 0.557. The fourth-order valence-electron chi connectivity index (χ4n) is 1.66. The van der Waals surface area contributed by atoms with Crippen molar-refractivity contribution in [2.24, 2.45) is 7.05 Å². The largest absolute Gasteiger partial charge is 0.369 e. The zero-order valence-electron chi connectivity index (χ0n) is 9.15. The molecular weight excluding hydrogens is 222 g/mol. The highest BCUT2D eigenvalue weighted by Crippen LogP contribution is 2.13. The van der Waals surface area contributed by atoms with E-state index < -0.39 is 0 Å². The van der Waals surface area contributed by atoms with Gasteiger partial charge in [0.05, 0.1) is 6.20 Å². The van der Waals surface area contributed by atoms with Crippen LogP contribution in [0.15, 0.2) is 30.5 Å². The number of nitrogens with two attached hydrogens (primary N) is 1. The van der Waals surface area contributed by atoms with Gasteiger partial charge in [0.15, 0.2) is 5.95 Å². The van der Waals surface area contributed by atoms with Crippen LogP contribution in [-0.2, 0) is 19.9 Å². The van der Waals surface area contributed by atoms with Crippen molar-refractivity contribution < 1.29 is 0 Å². The summed E-state index contributed by atoms with van der Waals surface area (Å²) in [7, 11) is 1.93. The van der Waals surface area contributed by atoms with Gasteiger partial charge in [-0.1, -0.05) is 23.7 Å². The number of nitrogens with zero attached hydrogens (tertiary/aromatic N) is 2. The lowest BCUT2D eigenvalue weighted by molar-refractivity contribution is 0.807. The van der Waals surface area contributed by atoms with Gasteiger partial charge in [-0.2, -0.15) is 0 Å². The molecule has 0 aliphatic rings. The number of halogens is 1. The van der Waals surface area contributed by atoms with E-state index in [2.05, 4.69) is 11.1 Å². The molecule has 4 heteroatoms. The van der Waals surface area contributed by atoms with Gasteiger partial charge in [0.25, 0.3) is 0 Å². The van der Waals surface area contributed by atoms with Gasteiger partial charge in [0.2, 0.25) is 0 Å². The van der Waals surface area contributed by atoms with Crippen molar-refractivity contribution in [3.05, 3.63) is 46.7 Å². The molecule has 3 nitrogen and oxygen atoms in total. The van der Waals surface area contributed by atoms with Crippen molar-refractivity contribution in [1.82, 2.24) is 9.55 Å². The monoisotopic (exact) mass is 235 g/mol. The molecule has 0 fully saturated rings. The van der Waals surface area contributed by atoms with E-state index in [4.69, 9.17) is 17.3 Å². The van der Waals surface area contributed by atoms with Crippen LogP contribution in [0.3, 0.4) is 0 Å². The average Bonchev–Trinajstić information content (AvgIpc) is 2.57. The third-order valence-electron chi connectivity index (χ3n) is 2.68. The normalized spacial score (nSPS) is 10.6. The highest BCUT2D eigenvalue weighted by Gasteiger charge is 2.03. The SMILES string of the molecule is Cn1c(CCc2cccc(Cl)c2)cnc1N. The van der Waals surface area contributed by atoms with Crippen LogP contribution < -0.4 is 5.73 Å². The smallest absolute Gasteiger partial charge is 0.200 e. The van der Waals surface area contributed by atoms with E-state index in [1.54, 1.807) is 0 Å². The molecule has 2 N–H and O–H groups in total. The Kier molecular flexibility index (Phi) is 3.15. The molecule has 1 aromatic carbocycles. The maximum absolute atomic E-state index is 5.92. The molecule has 0 aliphatic heterocycles. The first-order chi connectivity index (χ1) is 7.66. The molecule has 0 unspecified atom stereocenters. The van der Waals surface area contributed by atoms with Gasteiger partial charge in [-0.05, 0) is 30.5 Å². The molecule has 0 aliphatic carbocycles. The summed E-state index contributed by atoms with van der Waals surface area (Å²) < 4.78 is 1.91. The van der Waals surface area contributed by atoms with Crippen LogP contribution in [0, 0.1) is 0 Å². The Morgan fingerprint density at radius 3 is 2.81 bits per heavy atom. The predicted molar refractivity (Wildman–Crippen MR) is 66.5 cm³/mol. The molecule has 0 atom stereocenters. The predicted octanol–water partition coefficient (Wildman–Crippen LogP) is 2.44. The fraction of sp³-hybridized carbons (Fsp3) is 0.250. The zero-order valence-corrected chi connectivity index (χ0v) is 9.91. The van der Waals surface area contributed by atoms with E-state index in [9.17, 15) is 0 Å². The maximum Gasteiger partial charge on any atom is 0.200 e. The van der Waals surface area contributed by atoms with Crippen LogP contribution in [0.25, 0.3) is 0 Å². The van der Waals surface area contributed by atoms with Crippen LogP contribution >= 0.6 is 11.6 Å². The molecule has 84 valence electrons. The van der Waals surface area contributed by atoms with E-state index >= 15 is 0 Å². The fourth-order valence-corrected chi connectivity index (χ4v) is 1.87. The second-order valence-electron chi connectivity index (χ2n) is 3.80. The van der Waals surface area contributed by atoms with Crippen LogP contribution in [-0.4, -0.2) is 9.55 Å². The van der Waals surface area contributed by atoms with Crippen LogP contribution in [0.4, 0.5) is 5.95 Å². The Morgan fingerprint density at radius 2 is 2.19 bits per heavy atom. The lowest BCUT2D eigenvalue weighted by Crippen LogP contribution is -2.02. The summed E-state index contributed by atoms with van der Waals surface area (Å²) in [6, 6.07) is 7.91. The third kappa shape index (κ3) is 2.36. The number of anilines is 1. The standard InChI is InChI=1S/C12H14ClN3/c1-16-11(8-15-12(16)14)6-5-9-3-2-4-10(13)7-9/h2-4,7-8H,5-6H2,1H3,(H2,14,15). The average molecular weight is 236 g/mol. The van der Waals surface area contributed by atoms with E-state index in [0.717, 1.165) is 23.6 Å². The van der Waals surface area contributed by atoms with E-state index in [0.29, 0.717) is 5.95 Å². The number of hydrogen-bond acceptors (Lipinski definition) is 2. The van der Waals surface area contributed by atoms with Gasteiger partial charge in [0, 0.05) is 17.8 Å². The van der Waals surface area contributed by atoms with E-state index in [-0.39, 0.29) is 0 Å². The summed E-state index contributed by atoms with van der Waals surface area (Å²) in [4.78, 5) is 4.06. The third-order valence-corrected chi connectivity index (χ3v) is 2.91. The number of aromatic nitrogens is 2. The van der Waals surface area contributed by atoms with Crippen molar-refractivity contribution in [2.75, 3.05) is 5.73 Å². The summed E-state index contributed by atoms with van der Waals surface area (Å²) in [5.74, 6) is 0.557. The number of benzene rings is 1. The van der Waals surface area contributed by atoms with Gasteiger partial charge < -0.3 is 10.3 Å². The molecule has 2 rings (SSSR count). The molecule has 1 aromatic heterocycles. The highest BCUT2D eigenvalue weighted by molar-refractivity contribution is 6.30. The lowest BCUT2D eigenvalue weighted by atomic mass is 10.1. The Bertz CT molecular complexity index is 491. The van der Waals surface area contributed by atoms with Crippen molar-refractivity contribution in [3.8, 4) is 0 Å². The quantitative estimate of drug-likeness (QED) is 0.888. The van der Waals surface area contributed by atoms with Gasteiger partial charge in [-0.3, -0.25) is 0 Å². The molecule has 0 saturated heterocycles. The second kappa shape index (κ2) is 4.58. The minimum Gasteiger partial charge on any atom is -0.369 e. The van der Waals surface area contributed by atoms with Gasteiger partial charge in [-0.15, -0.1) is 0 Å². The molecular formula is C12H14ClN3.